The van der Waals surface area contributed by atoms with Gasteiger partial charge >= 0.3 is 0 Å². The van der Waals surface area contributed by atoms with Crippen molar-refractivity contribution in [1.29, 1.82) is 0 Å². The van der Waals surface area contributed by atoms with Crippen molar-refractivity contribution in [1.82, 2.24) is 15.6 Å². The van der Waals surface area contributed by atoms with Crippen LogP contribution in [0.4, 0.5) is 5.82 Å². The molecule has 0 spiro atoms. The average Bonchev–Trinajstić information content (AvgIpc) is 2.34. The zero-order valence-corrected chi connectivity index (χ0v) is 13.7. The van der Waals surface area contributed by atoms with Crippen LogP contribution < -0.4 is 16.0 Å². The zero-order valence-electron chi connectivity index (χ0n) is 12.1. The Kier molecular flexibility index (Phi) is 12.5. The summed E-state index contributed by atoms with van der Waals surface area (Å²) in [6, 6.07) is 3.80. The minimum Gasteiger partial charge on any atom is -0.367 e. The van der Waals surface area contributed by atoms with Crippen molar-refractivity contribution in [3.8, 4) is 0 Å². The highest BCUT2D eigenvalue weighted by Crippen LogP contribution is 2.12. The minimum atomic E-state index is -0.0812. The number of hydrogen-bond acceptors (Lipinski definition) is 4. The van der Waals surface area contributed by atoms with Gasteiger partial charge in [-0.3, -0.25) is 4.79 Å². The number of nitrogens with zero attached hydrogens (tertiary/aromatic N) is 1. The molecule has 0 fully saturated rings. The van der Waals surface area contributed by atoms with Crippen LogP contribution in [0, 0.1) is 0 Å². The molecular formula is C13H24Cl2N4O. The maximum absolute atomic E-state index is 12.0. The predicted molar refractivity (Wildman–Crippen MR) is 88.4 cm³/mol. The fourth-order valence-electron chi connectivity index (χ4n) is 1.54. The fraction of sp³-hybridized carbons (Fsp3) is 0.538. The zero-order chi connectivity index (χ0) is 13.4. The Bertz CT molecular complexity index is 388. The van der Waals surface area contributed by atoms with Crippen molar-refractivity contribution >= 4 is 36.5 Å². The molecule has 1 rings (SSSR count). The molecule has 0 aliphatic rings. The Labute approximate surface area is 133 Å². The Morgan fingerprint density at radius 3 is 2.60 bits per heavy atom. The molecule has 1 aromatic rings. The number of nitrogens with one attached hydrogen (secondary N) is 3. The maximum atomic E-state index is 12.0. The summed E-state index contributed by atoms with van der Waals surface area (Å²) in [5.74, 6) is 0.556. The molecule has 0 saturated heterocycles. The monoisotopic (exact) mass is 322 g/mol. The number of amides is 1. The van der Waals surface area contributed by atoms with Gasteiger partial charge in [-0.2, -0.15) is 0 Å². The van der Waals surface area contributed by atoms with Crippen LogP contribution >= 0.6 is 24.8 Å². The minimum absolute atomic E-state index is 0. The van der Waals surface area contributed by atoms with Gasteiger partial charge in [0.15, 0.2) is 0 Å². The van der Waals surface area contributed by atoms with Crippen molar-refractivity contribution in [2.75, 3.05) is 25.5 Å². The van der Waals surface area contributed by atoms with E-state index in [9.17, 15) is 4.79 Å². The number of halogens is 2. The molecule has 1 aromatic heterocycles. The molecule has 0 radical (unpaired) electrons. The van der Waals surface area contributed by atoms with E-state index in [0.29, 0.717) is 17.9 Å². The van der Waals surface area contributed by atoms with Crippen molar-refractivity contribution < 1.29 is 4.79 Å². The smallest absolute Gasteiger partial charge is 0.255 e. The van der Waals surface area contributed by atoms with Gasteiger partial charge in [-0.15, -0.1) is 24.8 Å². The van der Waals surface area contributed by atoms with Crippen molar-refractivity contribution in [3.05, 3.63) is 23.9 Å². The maximum Gasteiger partial charge on any atom is 0.255 e. The second kappa shape index (κ2) is 11.8. The SMILES string of the molecule is CNCCCNC(=O)c1cccnc1NC(C)C.Cl.Cl. The largest absolute Gasteiger partial charge is 0.367 e. The number of anilines is 1. The predicted octanol–water partition coefficient (Wildman–Crippen LogP) is 2.08. The van der Waals surface area contributed by atoms with E-state index in [1.165, 1.54) is 0 Å². The number of aromatic nitrogens is 1. The normalized spacial score (nSPS) is 9.40. The van der Waals surface area contributed by atoms with Gasteiger partial charge in [-0.25, -0.2) is 4.98 Å². The molecule has 0 unspecified atom stereocenters. The van der Waals surface area contributed by atoms with Gasteiger partial charge < -0.3 is 16.0 Å². The first-order chi connectivity index (χ1) is 8.65. The van der Waals surface area contributed by atoms with E-state index in [1.807, 2.05) is 20.9 Å². The lowest BCUT2D eigenvalue weighted by atomic mass is 10.2. The van der Waals surface area contributed by atoms with E-state index in [0.717, 1.165) is 13.0 Å². The third-order valence-electron chi connectivity index (χ3n) is 2.37. The fourth-order valence-corrected chi connectivity index (χ4v) is 1.54. The summed E-state index contributed by atoms with van der Waals surface area (Å²) in [4.78, 5) is 16.2. The Morgan fingerprint density at radius 2 is 2.00 bits per heavy atom. The van der Waals surface area contributed by atoms with E-state index < -0.39 is 0 Å². The summed E-state index contributed by atoms with van der Waals surface area (Å²) >= 11 is 0. The van der Waals surface area contributed by atoms with E-state index in [1.54, 1.807) is 18.3 Å². The molecule has 20 heavy (non-hydrogen) atoms. The third-order valence-corrected chi connectivity index (χ3v) is 2.37. The van der Waals surface area contributed by atoms with Crippen LogP contribution in [0.15, 0.2) is 18.3 Å². The molecule has 1 heterocycles. The van der Waals surface area contributed by atoms with E-state index in [-0.39, 0.29) is 36.8 Å². The van der Waals surface area contributed by atoms with Gasteiger partial charge in [-0.1, -0.05) is 0 Å². The van der Waals surface area contributed by atoms with E-state index in [2.05, 4.69) is 20.9 Å². The van der Waals surface area contributed by atoms with Crippen LogP contribution in [0.3, 0.4) is 0 Å². The number of carbonyl (C=O) groups excluding carboxylic acids is 1. The number of hydrogen-bond donors (Lipinski definition) is 3. The summed E-state index contributed by atoms with van der Waals surface area (Å²) < 4.78 is 0. The molecule has 0 bridgehead atoms. The quantitative estimate of drug-likeness (QED) is 0.672. The lowest BCUT2D eigenvalue weighted by Crippen LogP contribution is -2.28. The standard InChI is InChI=1S/C13H22N4O.2ClH/c1-10(2)17-12-11(6-4-8-15-12)13(18)16-9-5-7-14-3;;/h4,6,8,10,14H,5,7,9H2,1-3H3,(H,15,17)(H,16,18);2*1H. The van der Waals surface area contributed by atoms with E-state index in [4.69, 9.17) is 0 Å². The summed E-state index contributed by atoms with van der Waals surface area (Å²) in [5.41, 5.74) is 0.593. The first-order valence-corrected chi connectivity index (χ1v) is 6.29. The van der Waals surface area contributed by atoms with Gasteiger partial charge in [0.25, 0.3) is 5.91 Å². The van der Waals surface area contributed by atoms with Crippen LogP contribution in [0.1, 0.15) is 30.6 Å². The molecule has 0 aromatic carbocycles. The third kappa shape index (κ3) is 7.53. The Morgan fingerprint density at radius 1 is 1.30 bits per heavy atom. The van der Waals surface area contributed by atoms with Crippen molar-refractivity contribution in [2.45, 2.75) is 26.3 Å². The van der Waals surface area contributed by atoms with Crippen LogP contribution in [0.2, 0.25) is 0 Å². The Hall–Kier alpha value is -1.04. The number of carbonyl (C=O) groups is 1. The van der Waals surface area contributed by atoms with Gasteiger partial charge in [0, 0.05) is 18.8 Å². The van der Waals surface area contributed by atoms with Gasteiger partial charge in [0.2, 0.25) is 0 Å². The first-order valence-electron chi connectivity index (χ1n) is 6.29. The molecule has 0 aliphatic carbocycles. The number of rotatable bonds is 7. The first kappa shape index (κ1) is 21.3. The van der Waals surface area contributed by atoms with E-state index >= 15 is 0 Å². The Balaban J connectivity index is 0. The van der Waals surface area contributed by atoms with Crippen molar-refractivity contribution in [3.63, 3.8) is 0 Å². The average molecular weight is 323 g/mol. The lowest BCUT2D eigenvalue weighted by molar-refractivity contribution is 0.0954. The van der Waals surface area contributed by atoms with Crippen molar-refractivity contribution in [2.24, 2.45) is 0 Å². The van der Waals surface area contributed by atoms with Crippen LogP contribution in [0.25, 0.3) is 0 Å². The summed E-state index contributed by atoms with van der Waals surface area (Å²) in [5, 5.41) is 9.10. The van der Waals surface area contributed by atoms with Gasteiger partial charge in [0.05, 0.1) is 5.56 Å². The molecule has 1 amide bonds. The molecule has 5 nitrogen and oxygen atoms in total. The second-order valence-corrected chi connectivity index (χ2v) is 4.41. The molecule has 0 saturated carbocycles. The van der Waals surface area contributed by atoms with Crippen LogP contribution in [-0.4, -0.2) is 37.1 Å². The molecular weight excluding hydrogens is 299 g/mol. The molecule has 3 N–H and O–H groups in total. The number of pyridine rings is 1. The second-order valence-electron chi connectivity index (χ2n) is 4.41. The van der Waals surface area contributed by atoms with Crippen LogP contribution in [-0.2, 0) is 0 Å². The highest BCUT2D eigenvalue weighted by molar-refractivity contribution is 5.98. The molecule has 0 atom stereocenters. The molecule has 0 aliphatic heterocycles. The van der Waals surface area contributed by atoms with Crippen LogP contribution in [0.5, 0.6) is 0 Å². The van der Waals surface area contributed by atoms with Gasteiger partial charge in [0.1, 0.15) is 5.82 Å². The topological polar surface area (TPSA) is 66.0 Å². The summed E-state index contributed by atoms with van der Waals surface area (Å²) in [6.45, 7) is 5.59. The highest BCUT2D eigenvalue weighted by atomic mass is 35.5. The highest BCUT2D eigenvalue weighted by Gasteiger charge is 2.11. The molecule has 7 heteroatoms. The summed E-state index contributed by atoms with van der Waals surface area (Å²) in [6.07, 6.45) is 2.60. The summed E-state index contributed by atoms with van der Waals surface area (Å²) in [7, 11) is 1.90. The lowest BCUT2D eigenvalue weighted by Gasteiger charge is -2.13. The molecule has 116 valence electrons. The van der Waals surface area contributed by atoms with Gasteiger partial charge in [-0.05, 0) is 46.0 Å².